The van der Waals surface area contributed by atoms with Crippen molar-refractivity contribution in [2.24, 2.45) is 0 Å². The Kier molecular flexibility index (Phi) is 5.93. The molecule has 0 spiro atoms. The molecule has 0 saturated carbocycles. The molecule has 4 heteroatoms. The summed E-state index contributed by atoms with van der Waals surface area (Å²) in [6.45, 7) is 2.20. The molecule has 0 fully saturated rings. The molecule has 0 saturated heterocycles. The highest BCUT2D eigenvalue weighted by Crippen LogP contribution is 2.66. The average molecular weight is 626 g/mol. The minimum atomic E-state index is -1.55. The Labute approximate surface area is 275 Å². The molecule has 226 valence electrons. The highest BCUT2D eigenvalue weighted by atomic mass is 32.3. The minimum absolute atomic E-state index is 0.206. The normalized spacial score (nSPS) is 15.6. The van der Waals surface area contributed by atoms with Crippen LogP contribution in [0.25, 0.3) is 38.4 Å². The lowest BCUT2D eigenvalue weighted by molar-refractivity contribution is 0.0990. The molecule has 1 aliphatic carbocycles. The van der Waals surface area contributed by atoms with Crippen LogP contribution < -0.4 is 4.90 Å². The number of aryl methyl sites for hydroxylation is 1. The summed E-state index contributed by atoms with van der Waals surface area (Å²) >= 11 is 0. The van der Waals surface area contributed by atoms with Gasteiger partial charge >= 0.3 is 0 Å². The lowest BCUT2D eigenvalue weighted by Crippen LogP contribution is -2.13. The molecule has 3 nitrogen and oxygen atoms in total. The lowest BCUT2D eigenvalue weighted by atomic mass is 10.0. The Morgan fingerprint density at radius 3 is 1.89 bits per heavy atom. The predicted octanol–water partition coefficient (Wildman–Crippen LogP) is 11.2. The third kappa shape index (κ3) is 4.08. The van der Waals surface area contributed by atoms with Gasteiger partial charge in [-0.3, -0.25) is 9.59 Å². The van der Waals surface area contributed by atoms with Crippen molar-refractivity contribution in [2.75, 3.05) is 17.4 Å². The Morgan fingerprint density at radius 1 is 0.574 bits per heavy atom. The smallest absolute Gasteiger partial charge is 0.197 e. The van der Waals surface area contributed by atoms with Crippen molar-refractivity contribution < 1.29 is 9.59 Å². The van der Waals surface area contributed by atoms with Gasteiger partial charge in [0, 0.05) is 32.0 Å². The van der Waals surface area contributed by atoms with Crippen LogP contribution in [0.1, 0.15) is 31.8 Å². The number of Topliss-reactive ketones (excluding diaryl/α,β-unsaturated/α-hetero) is 2. The molecular weight excluding hydrogens is 595 g/mol. The fourth-order valence-electron chi connectivity index (χ4n) is 7.49. The molecule has 7 aromatic carbocycles. The van der Waals surface area contributed by atoms with Crippen molar-refractivity contribution in [2.45, 2.75) is 16.7 Å². The van der Waals surface area contributed by atoms with Crippen LogP contribution >= 0.6 is 10.0 Å². The second-order valence-corrected chi connectivity index (χ2v) is 16.5. The van der Waals surface area contributed by atoms with Crippen LogP contribution in [0.4, 0.5) is 17.1 Å². The van der Waals surface area contributed by atoms with E-state index in [1.54, 1.807) is 6.08 Å². The van der Waals surface area contributed by atoms with E-state index in [0.29, 0.717) is 11.1 Å². The molecule has 0 bridgehead atoms. The summed E-state index contributed by atoms with van der Waals surface area (Å²) < 4.78 is 0. The summed E-state index contributed by atoms with van der Waals surface area (Å²) in [5.74, 6) is -0.411. The van der Waals surface area contributed by atoms with Crippen LogP contribution in [0, 0.1) is 6.92 Å². The molecule has 0 radical (unpaired) electrons. The van der Waals surface area contributed by atoms with Crippen LogP contribution in [0.2, 0.25) is 0 Å². The summed E-state index contributed by atoms with van der Waals surface area (Å²) in [7, 11) is -1.55. The molecule has 0 aromatic heterocycles. The third-order valence-corrected chi connectivity index (χ3v) is 12.8. The maximum absolute atomic E-state index is 13.7. The van der Waals surface area contributed by atoms with E-state index in [0.717, 1.165) is 27.7 Å². The first kappa shape index (κ1) is 27.8. The molecule has 0 unspecified atom stereocenters. The van der Waals surface area contributed by atoms with Crippen molar-refractivity contribution in [1.29, 1.82) is 0 Å². The zero-order valence-corrected chi connectivity index (χ0v) is 27.2. The highest BCUT2D eigenvalue weighted by Gasteiger charge is 2.35. The molecule has 0 atom stereocenters. The summed E-state index contributed by atoms with van der Waals surface area (Å²) in [6, 6.07) is 44.3. The number of hydrogen-bond donors (Lipinski definition) is 0. The Balaban J connectivity index is 1.27. The second-order valence-electron chi connectivity index (χ2n) is 13.0. The largest absolute Gasteiger partial charge is 0.308 e. The zero-order chi connectivity index (χ0) is 32.0. The van der Waals surface area contributed by atoms with Crippen LogP contribution in [-0.2, 0) is 0 Å². The number of fused-ring (bicyclic) bond motifs is 4. The maximum atomic E-state index is 13.7. The van der Waals surface area contributed by atoms with Gasteiger partial charge in [-0.25, -0.2) is 0 Å². The fourth-order valence-corrected chi connectivity index (χ4v) is 9.98. The molecule has 1 heterocycles. The van der Waals surface area contributed by atoms with Gasteiger partial charge in [0.05, 0.1) is 16.9 Å². The van der Waals surface area contributed by atoms with Gasteiger partial charge in [0.1, 0.15) is 0 Å². The Bertz CT molecular complexity index is 2500. The lowest BCUT2D eigenvalue weighted by Gasteiger charge is -2.34. The first-order chi connectivity index (χ1) is 22.8. The summed E-state index contributed by atoms with van der Waals surface area (Å²) in [5.41, 5.74) is 6.68. The van der Waals surface area contributed by atoms with Gasteiger partial charge in [-0.05, 0) is 106 Å². The summed E-state index contributed by atoms with van der Waals surface area (Å²) in [6.07, 6.45) is 6.52. The van der Waals surface area contributed by atoms with Gasteiger partial charge < -0.3 is 4.90 Å². The number of allylic oxidation sites excluding steroid dienone is 1. The number of ketones is 2. The number of rotatable bonds is 2. The minimum Gasteiger partial charge on any atom is -0.308 e. The summed E-state index contributed by atoms with van der Waals surface area (Å²) in [5, 5.41) is 6.81. The van der Waals surface area contributed by atoms with Crippen molar-refractivity contribution in [3.05, 3.63) is 155 Å². The average Bonchev–Trinajstić information content (AvgIpc) is 3.26. The molecule has 0 N–H and O–H groups in total. The van der Waals surface area contributed by atoms with Crippen LogP contribution in [0.15, 0.2) is 143 Å². The van der Waals surface area contributed by atoms with E-state index >= 15 is 0 Å². The molecular formula is C43H31NO2S. The Hall–Kier alpha value is -5.45. The fraction of sp³-hybridized carbons (Fsp3) is 0.0698. The van der Waals surface area contributed by atoms with Crippen LogP contribution in [0.3, 0.4) is 0 Å². The highest BCUT2D eigenvalue weighted by molar-refractivity contribution is 8.33. The molecule has 47 heavy (non-hydrogen) atoms. The molecule has 0 amide bonds. The van der Waals surface area contributed by atoms with Crippen molar-refractivity contribution >= 4 is 77.1 Å². The SMILES string of the molecule is Cc1ccc2cccc3c2c1N(c1ccc2ccccc2c1)c1ccc(C=C2C(=O)c4cc5ccccc5cc4C2=O)cc1S3(C)C. The van der Waals surface area contributed by atoms with E-state index < -0.39 is 10.0 Å². The van der Waals surface area contributed by atoms with Gasteiger partial charge in [-0.1, -0.05) is 84.9 Å². The topological polar surface area (TPSA) is 37.4 Å². The first-order valence-electron chi connectivity index (χ1n) is 15.8. The summed E-state index contributed by atoms with van der Waals surface area (Å²) in [4.78, 5) is 32.3. The van der Waals surface area contributed by atoms with Crippen molar-refractivity contribution in [3.63, 3.8) is 0 Å². The first-order valence-corrected chi connectivity index (χ1v) is 18.3. The monoisotopic (exact) mass is 625 g/mol. The molecule has 1 aliphatic heterocycles. The van der Waals surface area contributed by atoms with E-state index in [-0.39, 0.29) is 17.1 Å². The number of nitrogens with zero attached hydrogens (tertiary/aromatic N) is 1. The van der Waals surface area contributed by atoms with Gasteiger partial charge in [-0.15, -0.1) is 0 Å². The van der Waals surface area contributed by atoms with Crippen molar-refractivity contribution in [3.8, 4) is 0 Å². The van der Waals surface area contributed by atoms with E-state index in [2.05, 4.69) is 115 Å². The molecule has 2 aliphatic rings. The van der Waals surface area contributed by atoms with Gasteiger partial charge in [-0.2, -0.15) is 10.0 Å². The zero-order valence-electron chi connectivity index (χ0n) is 26.4. The number of carbonyl (C=O) groups excluding carboxylic acids is 2. The van der Waals surface area contributed by atoms with Gasteiger partial charge in [0.25, 0.3) is 0 Å². The Morgan fingerprint density at radius 2 is 1.19 bits per heavy atom. The van der Waals surface area contributed by atoms with Crippen LogP contribution in [0.5, 0.6) is 0 Å². The third-order valence-electron chi connectivity index (χ3n) is 9.90. The van der Waals surface area contributed by atoms with E-state index in [1.165, 1.54) is 42.6 Å². The maximum Gasteiger partial charge on any atom is 0.197 e. The number of anilines is 3. The predicted molar refractivity (Wildman–Crippen MR) is 197 cm³/mol. The number of benzene rings is 7. The quantitative estimate of drug-likeness (QED) is 0.142. The van der Waals surface area contributed by atoms with E-state index in [4.69, 9.17) is 0 Å². The second kappa shape index (κ2) is 10.0. The van der Waals surface area contributed by atoms with Gasteiger partial charge in [0.2, 0.25) is 0 Å². The molecule has 7 aromatic rings. The standard InChI is InChI=1S/C43H31NO2S/c1-26-15-17-29-13-8-14-38-40(29)41(26)44(33-19-18-28-9-4-5-10-30(28)23-33)37-20-16-27(22-39(37)47(38,2)3)21-36-42(45)34-24-31-11-6-7-12-32(31)25-35(34)43(36)46/h4-25H,1-3H3. The number of hydrogen-bond acceptors (Lipinski definition) is 3. The number of carbonyl (C=O) groups is 2. The van der Waals surface area contributed by atoms with E-state index in [9.17, 15) is 9.59 Å². The van der Waals surface area contributed by atoms with Crippen molar-refractivity contribution in [1.82, 2.24) is 0 Å². The molecule has 9 rings (SSSR count). The van der Waals surface area contributed by atoms with E-state index in [1.807, 2.05) is 36.4 Å². The van der Waals surface area contributed by atoms with Gasteiger partial charge in [0.15, 0.2) is 11.6 Å². The van der Waals surface area contributed by atoms with Crippen LogP contribution in [-0.4, -0.2) is 24.1 Å².